The monoisotopic (exact) mass is 110 g/mol. The van der Waals surface area contributed by atoms with E-state index < -0.39 is 0 Å². The van der Waals surface area contributed by atoms with E-state index in [4.69, 9.17) is 11.1 Å². The molecular weight excluding hydrogens is 100 g/mol. The van der Waals surface area contributed by atoms with Gasteiger partial charge in [0, 0.05) is 17.5 Å². The fourth-order valence-corrected chi connectivity index (χ4v) is 0.346. The lowest BCUT2D eigenvalue weighted by Crippen LogP contribution is -1.94. The summed E-state index contributed by atoms with van der Waals surface area (Å²) in [7, 11) is 0. The van der Waals surface area contributed by atoms with Crippen LogP contribution < -0.4 is 5.73 Å². The van der Waals surface area contributed by atoms with Crippen molar-refractivity contribution in [3.05, 3.63) is 24.4 Å². The van der Waals surface area contributed by atoms with Crippen LogP contribution in [-0.2, 0) is 0 Å². The van der Waals surface area contributed by atoms with Crippen LogP contribution in [0.3, 0.4) is 0 Å². The van der Waals surface area contributed by atoms with Crippen molar-refractivity contribution in [2.24, 2.45) is 5.73 Å². The molecule has 0 atom stereocenters. The zero-order valence-corrected chi connectivity index (χ0v) is 4.94. The van der Waals surface area contributed by atoms with Crippen molar-refractivity contribution < 1.29 is 0 Å². The van der Waals surface area contributed by atoms with Crippen LogP contribution in [-0.4, -0.2) is 5.71 Å². The van der Waals surface area contributed by atoms with E-state index in [-0.39, 0.29) is 0 Å². The third kappa shape index (κ3) is 1.60. The maximum absolute atomic E-state index is 7.03. The lowest BCUT2D eigenvalue weighted by molar-refractivity contribution is 1.44. The Labute approximate surface area is 49.2 Å². The van der Waals surface area contributed by atoms with Gasteiger partial charge in [0.05, 0.1) is 0 Å². The van der Waals surface area contributed by atoms with Crippen molar-refractivity contribution in [2.75, 3.05) is 0 Å². The normalized spacial score (nSPS) is 10.9. The average molecular weight is 110 g/mol. The molecule has 2 nitrogen and oxygen atoms in total. The molecule has 0 radical (unpaired) electrons. The van der Waals surface area contributed by atoms with E-state index in [0.29, 0.717) is 11.3 Å². The Bertz CT molecular complexity index is 133. The van der Waals surface area contributed by atoms with Crippen LogP contribution >= 0.6 is 0 Å². The number of allylic oxidation sites excluding steroid dienone is 2. The van der Waals surface area contributed by atoms with Gasteiger partial charge >= 0.3 is 0 Å². The molecule has 0 aliphatic carbocycles. The molecule has 0 saturated heterocycles. The average Bonchev–Trinajstić information content (AvgIpc) is 1.69. The first-order chi connectivity index (χ1) is 3.72. The zero-order valence-electron chi connectivity index (χ0n) is 4.94. The highest BCUT2D eigenvalue weighted by Gasteiger charge is 1.88. The molecule has 2 heteroatoms. The van der Waals surface area contributed by atoms with Crippen molar-refractivity contribution in [1.29, 1.82) is 5.41 Å². The number of nitrogens with one attached hydrogen (secondary N) is 1. The first-order valence-electron chi connectivity index (χ1n) is 2.32. The maximum Gasteiger partial charge on any atom is 0.0369 e. The van der Waals surface area contributed by atoms with Gasteiger partial charge in [-0.3, -0.25) is 0 Å². The summed E-state index contributed by atoms with van der Waals surface area (Å²) >= 11 is 0. The molecule has 0 bridgehead atoms. The molecule has 0 unspecified atom stereocenters. The van der Waals surface area contributed by atoms with E-state index in [1.54, 1.807) is 13.0 Å². The van der Waals surface area contributed by atoms with Gasteiger partial charge in [0.25, 0.3) is 0 Å². The minimum Gasteiger partial charge on any atom is -0.404 e. The summed E-state index contributed by atoms with van der Waals surface area (Å²) < 4.78 is 0. The topological polar surface area (TPSA) is 49.9 Å². The Morgan fingerprint density at radius 1 is 1.75 bits per heavy atom. The highest BCUT2D eigenvalue weighted by Crippen LogP contribution is 1.92. The fourth-order valence-electron chi connectivity index (χ4n) is 0.346. The van der Waals surface area contributed by atoms with Gasteiger partial charge in [-0.05, 0) is 6.92 Å². The van der Waals surface area contributed by atoms with E-state index in [2.05, 4.69) is 6.58 Å². The molecule has 0 spiro atoms. The first-order valence-corrected chi connectivity index (χ1v) is 2.32. The second kappa shape index (κ2) is 3.02. The van der Waals surface area contributed by atoms with Crippen LogP contribution in [0.5, 0.6) is 0 Å². The highest BCUT2D eigenvalue weighted by atomic mass is 14.5. The molecule has 8 heavy (non-hydrogen) atoms. The summed E-state index contributed by atoms with van der Waals surface area (Å²) in [4.78, 5) is 0. The Morgan fingerprint density at radius 2 is 2.25 bits per heavy atom. The SMILES string of the molecule is C=C/C(=C/N)C(C)=N. The van der Waals surface area contributed by atoms with Crippen LogP contribution in [0, 0.1) is 5.41 Å². The van der Waals surface area contributed by atoms with Crippen molar-refractivity contribution in [2.45, 2.75) is 6.92 Å². The summed E-state index contributed by atoms with van der Waals surface area (Å²) in [5.74, 6) is 0. The molecule has 0 amide bonds. The first kappa shape index (κ1) is 6.95. The third-order valence-corrected chi connectivity index (χ3v) is 0.832. The predicted octanol–water partition coefficient (Wildman–Crippen LogP) is 1.05. The Morgan fingerprint density at radius 3 is 2.25 bits per heavy atom. The van der Waals surface area contributed by atoms with Crippen LogP contribution in [0.2, 0.25) is 0 Å². The van der Waals surface area contributed by atoms with Gasteiger partial charge in [0.2, 0.25) is 0 Å². The molecule has 0 aromatic rings. The van der Waals surface area contributed by atoms with Crippen LogP contribution in [0.4, 0.5) is 0 Å². The molecule has 0 aliphatic heterocycles. The number of nitrogens with two attached hydrogens (primary N) is 1. The molecule has 3 N–H and O–H groups in total. The van der Waals surface area contributed by atoms with Crippen molar-refractivity contribution in [3.8, 4) is 0 Å². The minimum absolute atomic E-state index is 0.447. The highest BCUT2D eigenvalue weighted by molar-refractivity contribution is 5.97. The van der Waals surface area contributed by atoms with E-state index >= 15 is 0 Å². The van der Waals surface area contributed by atoms with Crippen molar-refractivity contribution in [3.63, 3.8) is 0 Å². The molecule has 0 aromatic heterocycles. The van der Waals surface area contributed by atoms with E-state index in [9.17, 15) is 0 Å². The summed E-state index contributed by atoms with van der Waals surface area (Å²) in [6, 6.07) is 0. The second-order valence-corrected chi connectivity index (χ2v) is 1.45. The van der Waals surface area contributed by atoms with Gasteiger partial charge in [-0.15, -0.1) is 0 Å². The largest absolute Gasteiger partial charge is 0.404 e. The fraction of sp³-hybridized carbons (Fsp3) is 0.167. The standard InChI is InChI=1S/C6H10N2/c1-3-6(4-7)5(2)8/h3-4,8H,1,7H2,2H3/b6-4-,8-5?. The van der Waals surface area contributed by atoms with E-state index in [1.807, 2.05) is 0 Å². The lowest BCUT2D eigenvalue weighted by atomic mass is 10.2. The zero-order chi connectivity index (χ0) is 6.57. The van der Waals surface area contributed by atoms with Crippen molar-refractivity contribution >= 4 is 5.71 Å². The van der Waals surface area contributed by atoms with Gasteiger partial charge in [-0.25, -0.2) is 0 Å². The van der Waals surface area contributed by atoms with Gasteiger partial charge in [0.1, 0.15) is 0 Å². The molecule has 0 rings (SSSR count). The summed E-state index contributed by atoms with van der Waals surface area (Å²) in [5, 5.41) is 7.03. The van der Waals surface area contributed by atoms with Gasteiger partial charge < -0.3 is 11.1 Å². The summed E-state index contributed by atoms with van der Waals surface area (Å²) in [5.41, 5.74) is 6.24. The van der Waals surface area contributed by atoms with Gasteiger partial charge in [-0.1, -0.05) is 12.7 Å². The number of hydrogen-bond acceptors (Lipinski definition) is 2. The molecular formula is C6H10N2. The smallest absolute Gasteiger partial charge is 0.0369 e. The van der Waals surface area contributed by atoms with Crippen LogP contribution in [0.25, 0.3) is 0 Å². The summed E-state index contributed by atoms with van der Waals surface area (Å²) in [6.45, 7) is 5.13. The van der Waals surface area contributed by atoms with Crippen molar-refractivity contribution in [1.82, 2.24) is 0 Å². The molecule has 0 fully saturated rings. The molecule has 0 aliphatic rings. The van der Waals surface area contributed by atoms with Crippen LogP contribution in [0.1, 0.15) is 6.92 Å². The van der Waals surface area contributed by atoms with Crippen LogP contribution in [0.15, 0.2) is 24.4 Å². The molecule has 0 aromatic carbocycles. The molecule has 44 valence electrons. The number of rotatable bonds is 2. The quantitative estimate of drug-likeness (QED) is 0.405. The molecule has 0 saturated carbocycles. The summed E-state index contributed by atoms with van der Waals surface area (Å²) in [6.07, 6.45) is 2.93. The predicted molar refractivity (Wildman–Crippen MR) is 35.9 cm³/mol. The lowest BCUT2D eigenvalue weighted by Gasteiger charge is -1.92. The Kier molecular flexibility index (Phi) is 2.62. The van der Waals surface area contributed by atoms with Gasteiger partial charge in [-0.2, -0.15) is 0 Å². The van der Waals surface area contributed by atoms with E-state index in [0.717, 1.165) is 0 Å². The van der Waals surface area contributed by atoms with Gasteiger partial charge in [0.15, 0.2) is 0 Å². The Hall–Kier alpha value is -1.05. The maximum atomic E-state index is 7.03. The molecule has 0 heterocycles. The number of hydrogen-bond donors (Lipinski definition) is 2. The van der Waals surface area contributed by atoms with E-state index in [1.165, 1.54) is 6.20 Å². The Balaban J connectivity index is 4.13. The second-order valence-electron chi connectivity index (χ2n) is 1.45. The third-order valence-electron chi connectivity index (χ3n) is 0.832. The minimum atomic E-state index is 0.447.